The summed E-state index contributed by atoms with van der Waals surface area (Å²) in [5, 5.41) is 2.87. The third-order valence-corrected chi connectivity index (χ3v) is 4.74. The third-order valence-electron chi connectivity index (χ3n) is 4.74. The number of nitrogens with one attached hydrogen (secondary N) is 1. The summed E-state index contributed by atoms with van der Waals surface area (Å²) < 4.78 is 7.00. The number of benzene rings is 1. The highest BCUT2D eigenvalue weighted by Gasteiger charge is 2.20. The number of oxazole rings is 1. The number of fused-ring (bicyclic) bond motifs is 1. The Morgan fingerprint density at radius 1 is 1.33 bits per heavy atom. The van der Waals surface area contributed by atoms with Gasteiger partial charge in [-0.05, 0) is 43.9 Å². The zero-order valence-corrected chi connectivity index (χ0v) is 14.2. The second kappa shape index (κ2) is 7.66. The second-order valence-corrected chi connectivity index (χ2v) is 6.57. The summed E-state index contributed by atoms with van der Waals surface area (Å²) in [6.07, 6.45) is 3.40. The van der Waals surface area contributed by atoms with E-state index in [0.717, 1.165) is 38.1 Å². The van der Waals surface area contributed by atoms with E-state index in [2.05, 4.69) is 10.2 Å². The molecule has 130 valence electrons. The molecule has 1 unspecified atom stereocenters. The summed E-state index contributed by atoms with van der Waals surface area (Å²) in [4.78, 5) is 25.4. The zero-order chi connectivity index (χ0) is 16.9. The van der Waals surface area contributed by atoms with E-state index in [1.54, 1.807) is 11.5 Å². The molecule has 1 fully saturated rings. The van der Waals surface area contributed by atoms with Crippen molar-refractivity contribution < 1.29 is 9.21 Å². The van der Waals surface area contributed by atoms with Crippen LogP contribution in [-0.2, 0) is 11.3 Å². The van der Waals surface area contributed by atoms with Gasteiger partial charge in [-0.3, -0.25) is 9.36 Å². The van der Waals surface area contributed by atoms with Crippen LogP contribution in [0.15, 0.2) is 33.5 Å². The molecule has 24 heavy (non-hydrogen) atoms. The summed E-state index contributed by atoms with van der Waals surface area (Å²) >= 11 is 0. The van der Waals surface area contributed by atoms with Gasteiger partial charge in [0.15, 0.2) is 5.58 Å². The summed E-state index contributed by atoms with van der Waals surface area (Å²) in [6, 6.07) is 7.55. The molecule has 0 radical (unpaired) electrons. The maximum absolute atomic E-state index is 12.0. The first-order valence-electron chi connectivity index (χ1n) is 8.68. The largest absolute Gasteiger partial charge is 0.419 e. The van der Waals surface area contributed by atoms with Crippen molar-refractivity contribution in [3.63, 3.8) is 0 Å². The second-order valence-electron chi connectivity index (χ2n) is 6.57. The molecule has 2 aromatic rings. The van der Waals surface area contributed by atoms with Crippen LogP contribution in [0.25, 0.3) is 11.1 Å². The fourth-order valence-corrected chi connectivity index (χ4v) is 3.51. The normalized spacial score (nSPS) is 18.8. The van der Waals surface area contributed by atoms with Crippen LogP contribution in [0, 0.1) is 5.92 Å². The molecule has 0 saturated carbocycles. The molecule has 0 aliphatic carbocycles. The Bertz CT molecular complexity index is 749. The van der Waals surface area contributed by atoms with Crippen molar-refractivity contribution in [3.8, 4) is 0 Å². The molecule has 1 aromatic carbocycles. The molecule has 1 amide bonds. The van der Waals surface area contributed by atoms with Gasteiger partial charge in [-0.2, -0.15) is 0 Å². The van der Waals surface area contributed by atoms with Crippen LogP contribution in [0.2, 0.25) is 0 Å². The fourth-order valence-electron chi connectivity index (χ4n) is 3.51. The number of carbonyl (C=O) groups excluding carboxylic acids is 1. The number of carbonyl (C=O) groups is 1. The average molecular weight is 331 g/mol. The molecule has 2 heterocycles. The maximum atomic E-state index is 12.0. The Morgan fingerprint density at radius 3 is 3.00 bits per heavy atom. The Labute approximate surface area is 141 Å². The standard InChI is InChI=1S/C18H25N3O3/c1-14(22)19-9-8-15-5-4-10-20(13-15)11-12-21-16-6-2-3-7-17(16)24-18(21)23/h2-3,6-7,15H,4-5,8-13H2,1H3,(H,19,22). The van der Waals surface area contributed by atoms with Crippen LogP contribution >= 0.6 is 0 Å². The number of piperidine rings is 1. The lowest BCUT2D eigenvalue weighted by atomic mass is 9.95. The number of likely N-dealkylation sites (tertiary alicyclic amines) is 1. The van der Waals surface area contributed by atoms with Crippen LogP contribution in [0.5, 0.6) is 0 Å². The molecule has 0 spiro atoms. The fraction of sp³-hybridized carbons (Fsp3) is 0.556. The van der Waals surface area contributed by atoms with E-state index in [1.807, 2.05) is 24.3 Å². The van der Waals surface area contributed by atoms with Crippen LogP contribution in [0.4, 0.5) is 0 Å². The van der Waals surface area contributed by atoms with Gasteiger partial charge < -0.3 is 14.6 Å². The number of para-hydroxylation sites is 2. The molecule has 1 atom stereocenters. The highest BCUT2D eigenvalue weighted by molar-refractivity contribution is 5.73. The van der Waals surface area contributed by atoms with E-state index in [1.165, 1.54) is 12.8 Å². The predicted molar refractivity (Wildman–Crippen MR) is 92.9 cm³/mol. The summed E-state index contributed by atoms with van der Waals surface area (Å²) in [5.41, 5.74) is 1.51. The molecule has 1 aliphatic heterocycles. The molecular formula is C18H25N3O3. The number of nitrogens with zero attached hydrogens (tertiary/aromatic N) is 2. The van der Waals surface area contributed by atoms with Gasteiger partial charge in [-0.1, -0.05) is 12.1 Å². The van der Waals surface area contributed by atoms with Crippen molar-refractivity contribution in [3.05, 3.63) is 34.8 Å². The van der Waals surface area contributed by atoms with Gasteiger partial charge in [-0.15, -0.1) is 0 Å². The number of amides is 1. The molecule has 6 heteroatoms. The summed E-state index contributed by atoms with van der Waals surface area (Å²) in [5.74, 6) is 0.368. The maximum Gasteiger partial charge on any atom is 0.419 e. The van der Waals surface area contributed by atoms with Crippen molar-refractivity contribution >= 4 is 17.0 Å². The monoisotopic (exact) mass is 331 g/mol. The minimum Gasteiger partial charge on any atom is -0.408 e. The Balaban J connectivity index is 1.55. The highest BCUT2D eigenvalue weighted by Crippen LogP contribution is 2.19. The molecule has 1 aromatic heterocycles. The van der Waals surface area contributed by atoms with Gasteiger partial charge in [0, 0.05) is 33.1 Å². The van der Waals surface area contributed by atoms with Crippen LogP contribution < -0.4 is 11.1 Å². The van der Waals surface area contributed by atoms with Crippen molar-refractivity contribution in [2.24, 2.45) is 5.92 Å². The van der Waals surface area contributed by atoms with Crippen LogP contribution in [0.3, 0.4) is 0 Å². The van der Waals surface area contributed by atoms with E-state index in [4.69, 9.17) is 4.42 Å². The van der Waals surface area contributed by atoms with Gasteiger partial charge in [0.2, 0.25) is 5.91 Å². The smallest absolute Gasteiger partial charge is 0.408 e. The molecule has 1 aliphatic rings. The average Bonchev–Trinajstić information content (AvgIpc) is 2.88. The number of rotatable bonds is 6. The number of hydrogen-bond donors (Lipinski definition) is 1. The minimum absolute atomic E-state index is 0.0360. The van der Waals surface area contributed by atoms with Crippen LogP contribution in [-0.4, -0.2) is 41.6 Å². The SMILES string of the molecule is CC(=O)NCCC1CCCN(CCn2c(=O)oc3ccccc32)C1. The Morgan fingerprint density at radius 2 is 2.17 bits per heavy atom. The van der Waals surface area contributed by atoms with Gasteiger partial charge in [0.25, 0.3) is 0 Å². The Hall–Kier alpha value is -2.08. The zero-order valence-electron chi connectivity index (χ0n) is 14.2. The van der Waals surface area contributed by atoms with E-state index in [9.17, 15) is 9.59 Å². The van der Waals surface area contributed by atoms with Crippen LogP contribution in [0.1, 0.15) is 26.2 Å². The van der Waals surface area contributed by atoms with E-state index in [0.29, 0.717) is 18.0 Å². The van der Waals surface area contributed by atoms with Crippen molar-refractivity contribution in [2.75, 3.05) is 26.2 Å². The lowest BCUT2D eigenvalue weighted by Crippen LogP contribution is -2.39. The van der Waals surface area contributed by atoms with E-state index in [-0.39, 0.29) is 11.7 Å². The van der Waals surface area contributed by atoms with E-state index >= 15 is 0 Å². The van der Waals surface area contributed by atoms with Crippen molar-refractivity contribution in [1.82, 2.24) is 14.8 Å². The summed E-state index contributed by atoms with van der Waals surface area (Å²) in [7, 11) is 0. The summed E-state index contributed by atoms with van der Waals surface area (Å²) in [6.45, 7) is 5.90. The highest BCUT2D eigenvalue weighted by atomic mass is 16.4. The molecule has 3 rings (SSSR count). The lowest BCUT2D eigenvalue weighted by Gasteiger charge is -2.32. The number of aromatic nitrogens is 1. The van der Waals surface area contributed by atoms with Gasteiger partial charge in [0.1, 0.15) is 0 Å². The molecule has 1 N–H and O–H groups in total. The molecule has 6 nitrogen and oxygen atoms in total. The number of hydrogen-bond acceptors (Lipinski definition) is 4. The minimum atomic E-state index is -0.282. The first-order valence-corrected chi connectivity index (χ1v) is 8.68. The predicted octanol–water partition coefficient (Wildman–Crippen LogP) is 1.83. The van der Waals surface area contributed by atoms with Gasteiger partial charge in [-0.25, -0.2) is 4.79 Å². The molecule has 0 bridgehead atoms. The van der Waals surface area contributed by atoms with Crippen molar-refractivity contribution in [2.45, 2.75) is 32.7 Å². The van der Waals surface area contributed by atoms with E-state index < -0.39 is 0 Å². The van der Waals surface area contributed by atoms with Gasteiger partial charge in [0.05, 0.1) is 5.52 Å². The van der Waals surface area contributed by atoms with Gasteiger partial charge >= 0.3 is 5.76 Å². The first-order chi connectivity index (χ1) is 11.6. The third kappa shape index (κ3) is 4.06. The van der Waals surface area contributed by atoms with Crippen molar-refractivity contribution in [1.29, 1.82) is 0 Å². The molecular weight excluding hydrogens is 306 g/mol. The first kappa shape index (κ1) is 16.8. The Kier molecular flexibility index (Phi) is 5.35. The lowest BCUT2D eigenvalue weighted by molar-refractivity contribution is -0.119. The quantitative estimate of drug-likeness (QED) is 0.877. The topological polar surface area (TPSA) is 67.5 Å². The molecule has 1 saturated heterocycles.